The fraction of sp³-hybridized carbons (Fsp3) is 0.368. The number of aromatic nitrogens is 4. The molecular formula is C19H21F3N6O3S. The van der Waals surface area contributed by atoms with E-state index in [9.17, 15) is 26.4 Å². The number of hydrogen-bond donors (Lipinski definition) is 2. The highest BCUT2D eigenvalue weighted by Gasteiger charge is 2.37. The van der Waals surface area contributed by atoms with Crippen LogP contribution in [0.2, 0.25) is 0 Å². The molecule has 0 unspecified atom stereocenters. The van der Waals surface area contributed by atoms with Gasteiger partial charge in [-0.2, -0.15) is 18.2 Å². The molecule has 172 valence electrons. The van der Waals surface area contributed by atoms with Crippen molar-refractivity contribution < 1.29 is 26.4 Å². The lowest BCUT2D eigenvalue weighted by Gasteiger charge is -2.12. The molecule has 0 fully saturated rings. The molecule has 0 aliphatic heterocycles. The first-order valence-electron chi connectivity index (χ1n) is 9.50. The number of benzene rings is 1. The van der Waals surface area contributed by atoms with Crippen LogP contribution in [0.15, 0.2) is 29.2 Å². The number of amides is 1. The van der Waals surface area contributed by atoms with Gasteiger partial charge in [0.25, 0.3) is 11.6 Å². The number of anilines is 1. The summed E-state index contributed by atoms with van der Waals surface area (Å²) in [6.45, 7) is 6.50. The maximum Gasteiger partial charge on any atom is 0.453 e. The molecule has 0 atom stereocenters. The zero-order valence-corrected chi connectivity index (χ0v) is 18.5. The van der Waals surface area contributed by atoms with Crippen LogP contribution in [0.25, 0.3) is 5.78 Å². The van der Waals surface area contributed by atoms with E-state index in [0.717, 1.165) is 4.52 Å². The fourth-order valence-electron chi connectivity index (χ4n) is 3.05. The van der Waals surface area contributed by atoms with Crippen LogP contribution in [0.3, 0.4) is 0 Å². The SMILES string of the molecule is Cc1nc2nc(C(F)(F)F)nn2c(C)c1CC(=O)Nc1ccc(S(=O)(=O)NC(C)C)cc1. The largest absolute Gasteiger partial charge is 0.453 e. The summed E-state index contributed by atoms with van der Waals surface area (Å²) in [5.41, 5.74) is 1.44. The normalized spacial score (nSPS) is 12.5. The van der Waals surface area contributed by atoms with E-state index in [1.54, 1.807) is 20.8 Å². The van der Waals surface area contributed by atoms with Gasteiger partial charge in [-0.15, -0.1) is 5.10 Å². The Kier molecular flexibility index (Phi) is 6.24. The highest BCUT2D eigenvalue weighted by molar-refractivity contribution is 7.89. The van der Waals surface area contributed by atoms with E-state index in [0.29, 0.717) is 22.6 Å². The quantitative estimate of drug-likeness (QED) is 0.572. The average molecular weight is 470 g/mol. The van der Waals surface area contributed by atoms with Gasteiger partial charge in [-0.1, -0.05) is 0 Å². The Hall–Kier alpha value is -3.06. The molecule has 2 aromatic heterocycles. The van der Waals surface area contributed by atoms with Gasteiger partial charge in [-0.05, 0) is 52.0 Å². The van der Waals surface area contributed by atoms with Gasteiger partial charge in [-0.25, -0.2) is 22.6 Å². The molecule has 1 amide bonds. The molecule has 0 saturated carbocycles. The molecule has 13 heteroatoms. The van der Waals surface area contributed by atoms with Crippen molar-refractivity contribution in [3.63, 3.8) is 0 Å². The number of carbonyl (C=O) groups is 1. The molecule has 3 aromatic rings. The van der Waals surface area contributed by atoms with Crippen LogP contribution < -0.4 is 10.0 Å². The minimum Gasteiger partial charge on any atom is -0.326 e. The molecule has 1 aromatic carbocycles. The first-order valence-corrected chi connectivity index (χ1v) is 11.0. The summed E-state index contributed by atoms with van der Waals surface area (Å²) in [5, 5.41) is 6.09. The third kappa shape index (κ3) is 5.05. The van der Waals surface area contributed by atoms with Crippen LogP contribution in [0.5, 0.6) is 0 Å². The Balaban J connectivity index is 1.79. The number of hydrogen-bond acceptors (Lipinski definition) is 6. The van der Waals surface area contributed by atoms with E-state index in [4.69, 9.17) is 0 Å². The smallest absolute Gasteiger partial charge is 0.326 e. The lowest BCUT2D eigenvalue weighted by atomic mass is 10.1. The van der Waals surface area contributed by atoms with Gasteiger partial charge in [0.2, 0.25) is 15.9 Å². The number of fused-ring (bicyclic) bond motifs is 1. The minimum absolute atomic E-state index is 0.0530. The predicted molar refractivity (Wildman–Crippen MR) is 109 cm³/mol. The summed E-state index contributed by atoms with van der Waals surface area (Å²) in [6.07, 6.45) is -4.88. The van der Waals surface area contributed by atoms with E-state index in [-0.39, 0.29) is 23.1 Å². The average Bonchev–Trinajstić information content (AvgIpc) is 3.09. The van der Waals surface area contributed by atoms with Crippen LogP contribution in [0.4, 0.5) is 18.9 Å². The molecule has 0 saturated heterocycles. The summed E-state index contributed by atoms with van der Waals surface area (Å²) >= 11 is 0. The van der Waals surface area contributed by atoms with Crippen molar-refractivity contribution in [1.82, 2.24) is 24.3 Å². The van der Waals surface area contributed by atoms with Crippen LogP contribution >= 0.6 is 0 Å². The fourth-order valence-corrected chi connectivity index (χ4v) is 4.30. The zero-order valence-electron chi connectivity index (χ0n) is 17.6. The van der Waals surface area contributed by atoms with Gasteiger partial charge in [0, 0.05) is 28.7 Å². The summed E-state index contributed by atoms with van der Waals surface area (Å²) in [4.78, 5) is 20.0. The number of alkyl halides is 3. The third-order valence-electron chi connectivity index (χ3n) is 4.48. The van der Waals surface area contributed by atoms with Crippen molar-refractivity contribution in [2.24, 2.45) is 0 Å². The first kappa shape index (κ1) is 23.6. The number of carbonyl (C=O) groups excluding carboxylic acids is 1. The van der Waals surface area contributed by atoms with Crippen molar-refractivity contribution in [2.75, 3.05) is 5.32 Å². The van der Waals surface area contributed by atoms with Gasteiger partial charge in [0.15, 0.2) is 0 Å². The van der Waals surface area contributed by atoms with Crippen molar-refractivity contribution >= 4 is 27.4 Å². The van der Waals surface area contributed by atoms with Gasteiger partial charge < -0.3 is 5.32 Å². The third-order valence-corrected chi connectivity index (χ3v) is 6.15. The van der Waals surface area contributed by atoms with Gasteiger partial charge >= 0.3 is 6.18 Å². The molecule has 0 spiro atoms. The van der Waals surface area contributed by atoms with Gasteiger partial charge in [0.1, 0.15) is 0 Å². The zero-order chi connectivity index (χ0) is 23.8. The molecule has 0 radical (unpaired) electrons. The second-order valence-corrected chi connectivity index (χ2v) is 9.15. The van der Waals surface area contributed by atoms with Crippen LogP contribution in [0, 0.1) is 13.8 Å². The van der Waals surface area contributed by atoms with Crippen molar-refractivity contribution in [2.45, 2.75) is 51.2 Å². The van der Waals surface area contributed by atoms with Crippen molar-refractivity contribution in [3.8, 4) is 0 Å². The van der Waals surface area contributed by atoms with Gasteiger partial charge in [0.05, 0.1) is 11.3 Å². The molecule has 0 aliphatic carbocycles. The van der Waals surface area contributed by atoms with Crippen LogP contribution in [-0.2, 0) is 27.4 Å². The summed E-state index contributed by atoms with van der Waals surface area (Å²) in [6, 6.07) is 5.34. The summed E-state index contributed by atoms with van der Waals surface area (Å²) in [7, 11) is -3.66. The second-order valence-electron chi connectivity index (χ2n) is 7.43. The Labute approximate surface area is 182 Å². The number of nitrogens with one attached hydrogen (secondary N) is 2. The Morgan fingerprint density at radius 1 is 1.12 bits per heavy atom. The number of aryl methyl sites for hydroxylation is 2. The van der Waals surface area contributed by atoms with E-state index >= 15 is 0 Å². The Morgan fingerprint density at radius 3 is 2.31 bits per heavy atom. The number of sulfonamides is 1. The molecule has 0 aliphatic rings. The highest BCUT2D eigenvalue weighted by Crippen LogP contribution is 2.27. The topological polar surface area (TPSA) is 118 Å². The lowest BCUT2D eigenvalue weighted by molar-refractivity contribution is -0.144. The van der Waals surface area contributed by atoms with Crippen LogP contribution in [-0.4, -0.2) is 39.9 Å². The highest BCUT2D eigenvalue weighted by atomic mass is 32.2. The standard InChI is InChI=1S/C19H21F3N6O3S/c1-10(2)27-32(30,31)14-7-5-13(6-8-14)24-16(29)9-15-11(3)23-18-25-17(19(20,21)22)26-28(18)12(15)4/h5-8,10,27H,9H2,1-4H3,(H,24,29). The molecule has 2 N–H and O–H groups in total. The molecular weight excluding hydrogens is 449 g/mol. The minimum atomic E-state index is -4.71. The van der Waals surface area contributed by atoms with E-state index in [1.165, 1.54) is 31.2 Å². The van der Waals surface area contributed by atoms with E-state index < -0.39 is 27.9 Å². The maximum absolute atomic E-state index is 12.9. The number of nitrogens with zero attached hydrogens (tertiary/aromatic N) is 4. The Bertz CT molecular complexity index is 1270. The molecule has 0 bridgehead atoms. The van der Waals surface area contributed by atoms with Gasteiger partial charge in [-0.3, -0.25) is 4.79 Å². The molecule has 32 heavy (non-hydrogen) atoms. The second kappa shape index (κ2) is 8.47. The monoisotopic (exact) mass is 470 g/mol. The number of halogens is 3. The van der Waals surface area contributed by atoms with Crippen LogP contribution in [0.1, 0.15) is 36.6 Å². The van der Waals surface area contributed by atoms with E-state index in [2.05, 4.69) is 25.1 Å². The maximum atomic E-state index is 12.9. The molecule has 3 rings (SSSR count). The predicted octanol–water partition coefficient (Wildman–Crippen LogP) is 2.63. The molecule has 2 heterocycles. The van der Waals surface area contributed by atoms with E-state index in [1.807, 2.05) is 0 Å². The van der Waals surface area contributed by atoms with Crippen molar-refractivity contribution in [3.05, 3.63) is 47.0 Å². The summed E-state index contributed by atoms with van der Waals surface area (Å²) in [5.74, 6) is -1.97. The number of rotatable bonds is 6. The van der Waals surface area contributed by atoms with Crippen molar-refractivity contribution in [1.29, 1.82) is 0 Å². The lowest BCUT2D eigenvalue weighted by Crippen LogP contribution is -2.30. The summed E-state index contributed by atoms with van der Waals surface area (Å²) < 4.78 is 66.5. The first-order chi connectivity index (χ1) is 14.8. The Morgan fingerprint density at radius 2 is 1.75 bits per heavy atom. The molecule has 9 nitrogen and oxygen atoms in total.